The molecule has 0 spiro atoms. The fourth-order valence-corrected chi connectivity index (χ4v) is 0.988. The second kappa shape index (κ2) is 1.72. The van der Waals surface area contributed by atoms with Crippen LogP contribution in [0.25, 0.3) is 0 Å². The van der Waals surface area contributed by atoms with Crippen LogP contribution in [-0.2, 0) is 0 Å². The van der Waals surface area contributed by atoms with Crippen LogP contribution in [0.15, 0.2) is 29.3 Å². The number of aliphatic imine (C=N–C) groups is 1. The number of allylic oxidation sites excluding steroid dienone is 2. The Morgan fingerprint density at radius 1 is 1.56 bits per heavy atom. The Morgan fingerprint density at radius 2 is 2.56 bits per heavy atom. The van der Waals surface area contributed by atoms with Gasteiger partial charge in [-0.15, -0.1) is 0 Å². The van der Waals surface area contributed by atoms with Gasteiger partial charge in [-0.3, -0.25) is 4.99 Å². The molecule has 0 aromatic heterocycles. The first-order valence-electron chi connectivity index (χ1n) is 2.97. The van der Waals surface area contributed by atoms with Crippen molar-refractivity contribution >= 4 is 6.34 Å². The summed E-state index contributed by atoms with van der Waals surface area (Å²) in [5.74, 6) is 0. The molecule has 0 aromatic rings. The average molecular weight is 121 g/mol. The Labute approximate surface area is 55.5 Å². The first-order valence-corrected chi connectivity index (χ1v) is 2.97. The lowest BCUT2D eigenvalue weighted by Crippen LogP contribution is -2.24. The maximum atomic E-state index is 4.10. The number of rotatable bonds is 0. The predicted molar refractivity (Wildman–Crippen MR) is 39.1 cm³/mol. The third-order valence-corrected chi connectivity index (χ3v) is 1.47. The van der Waals surface area contributed by atoms with E-state index in [2.05, 4.69) is 16.4 Å². The highest BCUT2D eigenvalue weighted by Crippen LogP contribution is 2.18. The quantitative estimate of drug-likeness (QED) is 0.505. The van der Waals surface area contributed by atoms with Gasteiger partial charge in [-0.1, -0.05) is 24.3 Å². The van der Waals surface area contributed by atoms with E-state index in [-0.39, 0.29) is 1.43 Å². The van der Waals surface area contributed by atoms with Crippen LogP contribution in [0.4, 0.5) is 0 Å². The Morgan fingerprint density at radius 3 is 3.44 bits per heavy atom. The molecule has 1 heterocycles. The number of nitrogens with zero attached hydrogens (tertiary/aromatic N) is 1. The van der Waals surface area contributed by atoms with Crippen LogP contribution in [0.3, 0.4) is 0 Å². The van der Waals surface area contributed by atoms with E-state index in [9.17, 15) is 0 Å². The molecule has 1 atom stereocenters. The van der Waals surface area contributed by atoms with E-state index in [0.717, 1.165) is 6.04 Å². The van der Waals surface area contributed by atoms with Crippen molar-refractivity contribution in [2.45, 2.75) is 6.04 Å². The Balaban J connectivity index is 0.000000500. The van der Waals surface area contributed by atoms with Gasteiger partial charge in [-0.25, -0.2) is 0 Å². The number of hydrogen-bond acceptors (Lipinski definition) is 2. The molecule has 0 fully saturated rings. The second-order valence-electron chi connectivity index (χ2n) is 2.07. The first kappa shape index (κ1) is 4.79. The summed E-state index contributed by atoms with van der Waals surface area (Å²) in [6.07, 6.45) is 9.86. The summed E-state index contributed by atoms with van der Waals surface area (Å²) in [5, 5.41) is 3.09. The summed E-state index contributed by atoms with van der Waals surface area (Å²) < 4.78 is 0. The molecule has 2 heteroatoms. The standard InChI is InChI=1S/C7H7N2.H2/c1-2-4-7-6(3-1)8-5-9-7;/h1-6H,(H,8,9);1H. The maximum Gasteiger partial charge on any atom is 0.135 e. The van der Waals surface area contributed by atoms with Gasteiger partial charge in [0, 0.05) is 1.43 Å². The third kappa shape index (κ3) is 0.669. The van der Waals surface area contributed by atoms with Gasteiger partial charge in [0.15, 0.2) is 0 Å². The van der Waals surface area contributed by atoms with E-state index >= 15 is 0 Å². The molecule has 1 aliphatic heterocycles. The zero-order valence-corrected chi connectivity index (χ0v) is 4.91. The van der Waals surface area contributed by atoms with Gasteiger partial charge in [0.2, 0.25) is 0 Å². The van der Waals surface area contributed by atoms with E-state index in [4.69, 9.17) is 0 Å². The van der Waals surface area contributed by atoms with Crippen LogP contribution in [0, 0.1) is 6.04 Å². The zero-order chi connectivity index (χ0) is 6.10. The van der Waals surface area contributed by atoms with Gasteiger partial charge in [-0.2, -0.15) is 0 Å². The molecule has 1 radical (unpaired) electrons. The van der Waals surface area contributed by atoms with E-state index in [1.165, 1.54) is 0 Å². The minimum Gasteiger partial charge on any atom is -0.367 e. The normalized spacial score (nSPS) is 30.4. The van der Waals surface area contributed by atoms with Crippen LogP contribution in [0.5, 0.6) is 0 Å². The molecule has 0 amide bonds. The summed E-state index contributed by atoms with van der Waals surface area (Å²) in [6, 6.07) is 1.45. The highest BCUT2D eigenvalue weighted by atomic mass is 15.1. The maximum absolute atomic E-state index is 4.10. The minimum atomic E-state index is 0. The summed E-state index contributed by atoms with van der Waals surface area (Å²) in [6.45, 7) is 0. The average Bonchev–Trinajstić information content (AvgIpc) is 2.33. The number of nitrogens with one attached hydrogen (secondary N) is 1. The molecule has 9 heavy (non-hydrogen) atoms. The lowest BCUT2D eigenvalue weighted by molar-refractivity contribution is 0.811. The van der Waals surface area contributed by atoms with Crippen molar-refractivity contribution in [2.24, 2.45) is 4.99 Å². The Kier molecular flexibility index (Phi) is 0.918. The van der Waals surface area contributed by atoms with Crippen LogP contribution in [-0.4, -0.2) is 12.4 Å². The van der Waals surface area contributed by atoms with Crippen molar-refractivity contribution in [3.8, 4) is 0 Å². The molecule has 2 nitrogen and oxygen atoms in total. The second-order valence-corrected chi connectivity index (χ2v) is 2.07. The molecule has 1 aliphatic carbocycles. The third-order valence-electron chi connectivity index (χ3n) is 1.47. The van der Waals surface area contributed by atoms with Gasteiger partial charge in [0.05, 0.1) is 12.4 Å². The van der Waals surface area contributed by atoms with Crippen LogP contribution in [0.1, 0.15) is 1.43 Å². The molecular weight excluding hydrogens is 112 g/mol. The largest absolute Gasteiger partial charge is 0.367 e. The van der Waals surface area contributed by atoms with Crippen molar-refractivity contribution in [3.05, 3.63) is 30.3 Å². The lowest BCUT2D eigenvalue weighted by atomic mass is 10.1. The van der Waals surface area contributed by atoms with Crippen molar-refractivity contribution in [1.29, 1.82) is 0 Å². The fraction of sp³-hybridized carbons (Fsp3) is 0.143. The Hall–Kier alpha value is -1.05. The first-order chi connectivity index (χ1) is 4.47. The number of hydrogen-bond donors (Lipinski definition) is 1. The Bertz CT molecular complexity index is 196. The molecule has 1 unspecified atom stereocenters. The van der Waals surface area contributed by atoms with Crippen molar-refractivity contribution in [2.75, 3.05) is 0 Å². The molecule has 0 aromatic carbocycles. The number of fused-ring (bicyclic) bond motifs is 1. The van der Waals surface area contributed by atoms with E-state index < -0.39 is 0 Å². The van der Waals surface area contributed by atoms with Crippen molar-refractivity contribution in [3.63, 3.8) is 0 Å². The summed E-state index contributed by atoms with van der Waals surface area (Å²) >= 11 is 0. The molecule has 0 saturated heterocycles. The highest BCUT2D eigenvalue weighted by Gasteiger charge is 2.20. The lowest BCUT2D eigenvalue weighted by Gasteiger charge is -2.11. The monoisotopic (exact) mass is 121 g/mol. The summed E-state index contributed by atoms with van der Waals surface area (Å²) in [7, 11) is 0. The zero-order valence-electron chi connectivity index (χ0n) is 4.91. The van der Waals surface area contributed by atoms with Gasteiger partial charge in [0.1, 0.15) is 6.04 Å². The van der Waals surface area contributed by atoms with Crippen LogP contribution in [0.2, 0.25) is 0 Å². The van der Waals surface area contributed by atoms with Crippen molar-refractivity contribution in [1.82, 2.24) is 5.32 Å². The fourth-order valence-electron chi connectivity index (χ4n) is 0.988. The van der Waals surface area contributed by atoms with Gasteiger partial charge >= 0.3 is 0 Å². The van der Waals surface area contributed by atoms with Gasteiger partial charge < -0.3 is 5.32 Å². The highest BCUT2D eigenvalue weighted by molar-refractivity contribution is 5.63. The van der Waals surface area contributed by atoms with Crippen LogP contribution >= 0.6 is 0 Å². The van der Waals surface area contributed by atoms with Gasteiger partial charge in [0.25, 0.3) is 0 Å². The molecule has 0 saturated carbocycles. The predicted octanol–water partition coefficient (Wildman–Crippen LogP) is 0.890. The summed E-state index contributed by atoms with van der Waals surface area (Å²) in [5.41, 5.74) is 0. The topological polar surface area (TPSA) is 24.4 Å². The van der Waals surface area contributed by atoms with Crippen molar-refractivity contribution < 1.29 is 1.43 Å². The van der Waals surface area contributed by atoms with E-state index in [0.29, 0.717) is 6.04 Å². The molecule has 47 valence electrons. The molecule has 1 N–H and O–H groups in total. The van der Waals surface area contributed by atoms with Crippen LogP contribution < -0.4 is 5.32 Å². The van der Waals surface area contributed by atoms with Gasteiger partial charge in [-0.05, 0) is 0 Å². The molecule has 0 bridgehead atoms. The molecule has 2 aliphatic rings. The summed E-state index contributed by atoms with van der Waals surface area (Å²) in [4.78, 5) is 4.10. The molecule has 2 rings (SSSR count). The van der Waals surface area contributed by atoms with E-state index in [1.54, 1.807) is 6.34 Å². The SMILES string of the molecule is C1=C[C]2N=CNC2C=C1.[HH]. The minimum absolute atomic E-state index is 0. The molecular formula is C7H9N2. The van der Waals surface area contributed by atoms with E-state index in [1.807, 2.05) is 18.2 Å². The smallest absolute Gasteiger partial charge is 0.135 e.